The van der Waals surface area contributed by atoms with Gasteiger partial charge in [-0.15, -0.1) is 0 Å². The molecular weight excluding hydrogens is 572 g/mol. The number of aliphatic hydroxyl groups is 1. The van der Waals surface area contributed by atoms with E-state index >= 15 is 0 Å². The zero-order valence-corrected chi connectivity index (χ0v) is 25.0. The SMILES string of the molecule is [N-]=[N+]=NCc1ccccc1C[C@@]1(C(=O)N2CCCCC2)N=C(c2ccc(OCCCO)cc2)O[C@@H]1c1ccccc1CN=[N+]=[N-]. The molecule has 0 aliphatic carbocycles. The summed E-state index contributed by atoms with van der Waals surface area (Å²) in [6, 6.07) is 22.4. The van der Waals surface area contributed by atoms with Crippen molar-refractivity contribution in [3.05, 3.63) is 121 Å². The number of benzene rings is 3. The molecule has 12 nitrogen and oxygen atoms in total. The first-order chi connectivity index (χ1) is 22.1. The Kier molecular flexibility index (Phi) is 10.6. The van der Waals surface area contributed by atoms with E-state index in [9.17, 15) is 4.79 Å². The van der Waals surface area contributed by atoms with E-state index < -0.39 is 11.6 Å². The van der Waals surface area contributed by atoms with Crippen molar-refractivity contribution in [3.8, 4) is 5.75 Å². The first kappa shape index (κ1) is 31.4. The molecule has 1 fully saturated rings. The molecule has 0 spiro atoms. The van der Waals surface area contributed by atoms with Crippen LogP contribution in [0.25, 0.3) is 20.9 Å². The minimum absolute atomic E-state index is 0.0460. The maximum atomic E-state index is 14.9. The molecule has 0 radical (unpaired) electrons. The molecule has 45 heavy (non-hydrogen) atoms. The van der Waals surface area contributed by atoms with Crippen molar-refractivity contribution < 1.29 is 19.4 Å². The number of hydrogen-bond acceptors (Lipinski definition) is 7. The average Bonchev–Trinajstić information content (AvgIpc) is 3.47. The lowest BCUT2D eigenvalue weighted by molar-refractivity contribution is -0.140. The molecule has 2 heterocycles. The van der Waals surface area contributed by atoms with Gasteiger partial charge < -0.3 is 19.5 Å². The Balaban J connectivity index is 1.66. The van der Waals surface area contributed by atoms with Gasteiger partial charge in [0.2, 0.25) is 5.90 Å². The Morgan fingerprint density at radius 1 is 0.933 bits per heavy atom. The van der Waals surface area contributed by atoms with Gasteiger partial charge >= 0.3 is 0 Å². The standard InChI is InChI=1S/C33H36N8O4/c34-39-36-22-26-10-3-2-9-25(26)21-33(32(43)41-17-6-1-7-18-41)30(29-12-5-4-11-27(29)23-37-40-35)45-31(38-33)24-13-15-28(16-14-24)44-20-8-19-42/h2-5,9-16,30,42H,1,6-8,17-23H2/t30-,33-/m1/s1. The highest BCUT2D eigenvalue weighted by atomic mass is 16.5. The van der Waals surface area contributed by atoms with Gasteiger partial charge in [-0.05, 0) is 76.8 Å². The van der Waals surface area contributed by atoms with E-state index in [1.54, 1.807) is 0 Å². The van der Waals surface area contributed by atoms with E-state index in [4.69, 9.17) is 30.6 Å². The van der Waals surface area contributed by atoms with Gasteiger partial charge in [-0.2, -0.15) is 0 Å². The Bertz CT molecular complexity index is 1610. The molecule has 3 aromatic carbocycles. The predicted molar refractivity (Wildman–Crippen MR) is 169 cm³/mol. The smallest absolute Gasteiger partial charge is 0.255 e. The first-order valence-electron chi connectivity index (χ1n) is 15.2. The van der Waals surface area contributed by atoms with Crippen molar-refractivity contribution in [1.29, 1.82) is 0 Å². The van der Waals surface area contributed by atoms with Gasteiger partial charge in [-0.25, -0.2) is 4.99 Å². The Morgan fingerprint density at radius 3 is 2.27 bits per heavy atom. The van der Waals surface area contributed by atoms with Crippen LogP contribution in [0.3, 0.4) is 0 Å². The Labute approximate surface area is 261 Å². The summed E-state index contributed by atoms with van der Waals surface area (Å²) in [6.45, 7) is 1.90. The summed E-state index contributed by atoms with van der Waals surface area (Å²) in [5, 5.41) is 16.7. The second-order valence-electron chi connectivity index (χ2n) is 11.1. The minimum atomic E-state index is -1.40. The largest absolute Gasteiger partial charge is 0.494 e. The monoisotopic (exact) mass is 608 g/mol. The molecule has 1 amide bonds. The molecule has 12 heteroatoms. The summed E-state index contributed by atoms with van der Waals surface area (Å²) >= 11 is 0. The van der Waals surface area contributed by atoms with Crippen LogP contribution in [0.1, 0.15) is 59.6 Å². The van der Waals surface area contributed by atoms with Gasteiger partial charge in [0.1, 0.15) is 5.75 Å². The van der Waals surface area contributed by atoms with Gasteiger partial charge in [0.05, 0.1) is 19.7 Å². The van der Waals surface area contributed by atoms with E-state index in [1.807, 2.05) is 77.7 Å². The molecule has 1 saturated heterocycles. The van der Waals surface area contributed by atoms with Crippen LogP contribution in [0.15, 0.2) is 88.0 Å². The molecular formula is C33H36N8O4. The van der Waals surface area contributed by atoms with Crippen molar-refractivity contribution in [2.75, 3.05) is 26.3 Å². The van der Waals surface area contributed by atoms with Crippen LogP contribution in [0.4, 0.5) is 0 Å². The molecule has 0 bridgehead atoms. The molecule has 5 rings (SSSR count). The van der Waals surface area contributed by atoms with Crippen molar-refractivity contribution >= 4 is 11.8 Å². The van der Waals surface area contributed by atoms with Crippen LogP contribution in [0.5, 0.6) is 5.75 Å². The highest BCUT2D eigenvalue weighted by Gasteiger charge is 2.55. The lowest BCUT2D eigenvalue weighted by Crippen LogP contribution is -2.53. The number of piperidine rings is 1. The average molecular weight is 609 g/mol. The van der Waals surface area contributed by atoms with E-state index in [1.165, 1.54) is 0 Å². The molecule has 0 unspecified atom stereocenters. The van der Waals surface area contributed by atoms with Gasteiger partial charge in [-0.1, -0.05) is 58.8 Å². The van der Waals surface area contributed by atoms with E-state index in [0.717, 1.165) is 36.0 Å². The van der Waals surface area contributed by atoms with Crippen LogP contribution < -0.4 is 4.74 Å². The van der Waals surface area contributed by atoms with Crippen molar-refractivity contribution in [1.82, 2.24) is 4.90 Å². The van der Waals surface area contributed by atoms with E-state index in [0.29, 0.717) is 48.9 Å². The fraction of sp³-hybridized carbons (Fsp3) is 0.394. The van der Waals surface area contributed by atoms with Gasteiger partial charge in [-0.3, -0.25) is 4.79 Å². The molecule has 232 valence electrons. The molecule has 0 saturated carbocycles. The number of amides is 1. The minimum Gasteiger partial charge on any atom is -0.494 e. The maximum absolute atomic E-state index is 14.9. The number of carbonyl (C=O) groups excluding carboxylic acids is 1. The number of rotatable bonds is 13. The van der Waals surface area contributed by atoms with Gasteiger partial charge in [0, 0.05) is 47.9 Å². The molecule has 2 aliphatic heterocycles. The van der Waals surface area contributed by atoms with Crippen molar-refractivity contribution in [3.63, 3.8) is 0 Å². The van der Waals surface area contributed by atoms with E-state index in [-0.39, 0.29) is 32.0 Å². The van der Waals surface area contributed by atoms with E-state index in [2.05, 4.69) is 20.1 Å². The molecule has 3 aromatic rings. The fourth-order valence-corrected chi connectivity index (χ4v) is 5.94. The quantitative estimate of drug-likeness (QED) is 0.100. The predicted octanol–water partition coefficient (Wildman–Crippen LogP) is 6.58. The maximum Gasteiger partial charge on any atom is 0.255 e. The fourth-order valence-electron chi connectivity index (χ4n) is 5.94. The summed E-state index contributed by atoms with van der Waals surface area (Å²) in [6.07, 6.45) is 2.76. The normalized spacial score (nSPS) is 19.1. The molecule has 0 aromatic heterocycles. The molecule has 1 N–H and O–H groups in total. The second kappa shape index (κ2) is 15.1. The third-order valence-corrected chi connectivity index (χ3v) is 8.17. The summed E-state index contributed by atoms with van der Waals surface area (Å²) < 4.78 is 12.4. The lowest BCUT2D eigenvalue weighted by Gasteiger charge is -2.38. The zero-order chi connectivity index (χ0) is 31.5. The summed E-state index contributed by atoms with van der Waals surface area (Å²) in [5.41, 5.74) is 20.5. The highest BCUT2D eigenvalue weighted by Crippen LogP contribution is 2.45. The van der Waals surface area contributed by atoms with Gasteiger partial charge in [0.15, 0.2) is 11.6 Å². The second-order valence-corrected chi connectivity index (χ2v) is 11.1. The number of likely N-dealkylation sites (tertiary alicyclic amines) is 1. The van der Waals surface area contributed by atoms with Crippen LogP contribution in [0.2, 0.25) is 0 Å². The Hall–Kier alpha value is -5.02. The number of azide groups is 2. The Morgan fingerprint density at radius 2 is 1.58 bits per heavy atom. The van der Waals surface area contributed by atoms with Crippen LogP contribution in [0, 0.1) is 0 Å². The third kappa shape index (κ3) is 7.21. The number of aliphatic hydroxyl groups excluding tert-OH is 1. The summed E-state index contributed by atoms with van der Waals surface area (Å²) in [4.78, 5) is 27.9. The summed E-state index contributed by atoms with van der Waals surface area (Å²) in [7, 11) is 0. The first-order valence-corrected chi connectivity index (χ1v) is 15.2. The number of nitrogens with zero attached hydrogens (tertiary/aromatic N) is 8. The van der Waals surface area contributed by atoms with Crippen LogP contribution in [-0.4, -0.2) is 53.7 Å². The lowest BCUT2D eigenvalue weighted by atomic mass is 9.79. The third-order valence-electron chi connectivity index (χ3n) is 8.17. The van der Waals surface area contributed by atoms with Gasteiger partial charge in [0.25, 0.3) is 5.91 Å². The van der Waals surface area contributed by atoms with Crippen molar-refractivity contribution in [2.24, 2.45) is 15.2 Å². The van der Waals surface area contributed by atoms with Crippen LogP contribution in [-0.2, 0) is 29.0 Å². The number of hydrogen-bond donors (Lipinski definition) is 1. The topological polar surface area (TPSA) is 169 Å². The molecule has 2 aliphatic rings. The number of aliphatic imine (C=N–C) groups is 1. The summed E-state index contributed by atoms with van der Waals surface area (Å²) in [5.74, 6) is 0.825. The van der Waals surface area contributed by atoms with Crippen LogP contribution >= 0.6 is 0 Å². The highest BCUT2D eigenvalue weighted by molar-refractivity contribution is 6.01. The zero-order valence-electron chi connectivity index (χ0n) is 25.0. The molecule has 2 atom stereocenters. The van der Waals surface area contributed by atoms with Crippen molar-refractivity contribution in [2.45, 2.75) is 56.8 Å². The number of ether oxygens (including phenoxy) is 2. The number of carbonyl (C=O) groups is 1.